The van der Waals surface area contributed by atoms with E-state index in [1.165, 1.54) is 6.07 Å². The molecule has 0 fully saturated rings. The van der Waals surface area contributed by atoms with Gasteiger partial charge >= 0.3 is 0 Å². The average Bonchev–Trinajstić information content (AvgIpc) is 2.22. The van der Waals surface area contributed by atoms with Crippen molar-refractivity contribution in [1.29, 1.82) is 0 Å². The van der Waals surface area contributed by atoms with Crippen molar-refractivity contribution in [3.05, 3.63) is 28.8 Å². The molecule has 0 bridgehead atoms. The van der Waals surface area contributed by atoms with E-state index >= 15 is 0 Å². The summed E-state index contributed by atoms with van der Waals surface area (Å²) in [4.78, 5) is 0.0891. The van der Waals surface area contributed by atoms with Crippen LogP contribution in [0.15, 0.2) is 23.1 Å². The molecule has 0 saturated heterocycles. The Morgan fingerprint density at radius 2 is 2.19 bits per heavy atom. The van der Waals surface area contributed by atoms with Gasteiger partial charge in [0.1, 0.15) is 4.90 Å². The molecular formula is C11H12ClNO2S. The second-order valence-electron chi connectivity index (χ2n) is 3.24. The van der Waals surface area contributed by atoms with Gasteiger partial charge in [-0.15, -0.1) is 12.3 Å². The van der Waals surface area contributed by atoms with Crippen molar-refractivity contribution in [2.24, 2.45) is 0 Å². The number of hydrogen-bond acceptors (Lipinski definition) is 2. The summed E-state index contributed by atoms with van der Waals surface area (Å²) in [6, 6.07) is 4.87. The molecule has 0 aliphatic rings. The molecular weight excluding hydrogens is 246 g/mol. The minimum atomic E-state index is -3.56. The maximum Gasteiger partial charge on any atom is 0.242 e. The fourth-order valence-electron chi connectivity index (χ4n) is 1.16. The summed E-state index contributed by atoms with van der Waals surface area (Å²) in [6.45, 7) is 1.96. The summed E-state index contributed by atoms with van der Waals surface area (Å²) in [7, 11) is -3.56. The van der Waals surface area contributed by atoms with E-state index in [0.29, 0.717) is 6.42 Å². The van der Waals surface area contributed by atoms with E-state index < -0.39 is 10.0 Å². The molecule has 0 aromatic heterocycles. The Labute approximate surface area is 101 Å². The monoisotopic (exact) mass is 257 g/mol. The largest absolute Gasteiger partial charge is 0.242 e. The molecule has 1 aromatic rings. The number of nitrogens with one attached hydrogen (secondary N) is 1. The fourth-order valence-corrected chi connectivity index (χ4v) is 2.77. The molecule has 0 saturated carbocycles. The Morgan fingerprint density at radius 1 is 1.50 bits per heavy atom. The third-order valence-electron chi connectivity index (χ3n) is 2.01. The number of halogens is 1. The molecule has 1 rings (SSSR count). The number of sulfonamides is 1. The molecule has 0 aliphatic heterocycles. The van der Waals surface area contributed by atoms with Gasteiger partial charge in [-0.05, 0) is 18.6 Å². The molecule has 0 radical (unpaired) electrons. The van der Waals surface area contributed by atoms with Gasteiger partial charge in [-0.1, -0.05) is 23.7 Å². The van der Waals surface area contributed by atoms with Crippen LogP contribution in [-0.2, 0) is 10.0 Å². The van der Waals surface area contributed by atoms with Crippen LogP contribution in [0.4, 0.5) is 0 Å². The molecule has 0 unspecified atom stereocenters. The maximum absolute atomic E-state index is 11.8. The Hall–Kier alpha value is -1.02. The maximum atomic E-state index is 11.8. The molecule has 0 aliphatic carbocycles. The van der Waals surface area contributed by atoms with Crippen LogP contribution in [0.2, 0.25) is 5.02 Å². The summed E-state index contributed by atoms with van der Waals surface area (Å²) in [5, 5.41) is 0.246. The second kappa shape index (κ2) is 5.35. The van der Waals surface area contributed by atoms with Gasteiger partial charge in [-0.3, -0.25) is 0 Å². The first kappa shape index (κ1) is 13.0. The molecule has 0 atom stereocenters. The molecule has 0 spiro atoms. The van der Waals surface area contributed by atoms with Crippen molar-refractivity contribution in [2.75, 3.05) is 6.54 Å². The zero-order valence-electron chi connectivity index (χ0n) is 8.83. The normalized spacial score (nSPS) is 11.1. The third-order valence-corrected chi connectivity index (χ3v) is 4.12. The molecule has 3 nitrogen and oxygen atoms in total. The summed E-state index contributed by atoms with van der Waals surface area (Å²) in [5.74, 6) is 2.36. The SMILES string of the molecule is C#CCCNS(=O)(=O)c1cccc(C)c1Cl. The van der Waals surface area contributed by atoms with Crippen molar-refractivity contribution in [1.82, 2.24) is 4.72 Å². The van der Waals surface area contributed by atoms with E-state index in [2.05, 4.69) is 10.6 Å². The van der Waals surface area contributed by atoms with Crippen LogP contribution in [-0.4, -0.2) is 15.0 Å². The van der Waals surface area contributed by atoms with Crippen molar-refractivity contribution in [3.8, 4) is 12.3 Å². The van der Waals surface area contributed by atoms with Gasteiger partial charge in [0.25, 0.3) is 0 Å². The highest BCUT2D eigenvalue weighted by Gasteiger charge is 2.17. The predicted octanol–water partition coefficient (Wildman–Crippen LogP) is 1.95. The highest BCUT2D eigenvalue weighted by Crippen LogP contribution is 2.24. The summed E-state index contributed by atoms with van der Waals surface area (Å²) in [6.07, 6.45) is 5.39. The zero-order chi connectivity index (χ0) is 12.2. The van der Waals surface area contributed by atoms with Gasteiger partial charge in [-0.2, -0.15) is 0 Å². The van der Waals surface area contributed by atoms with Crippen molar-refractivity contribution >= 4 is 21.6 Å². The van der Waals surface area contributed by atoms with Gasteiger partial charge in [0.2, 0.25) is 10.0 Å². The first-order valence-corrected chi connectivity index (χ1v) is 6.53. The topological polar surface area (TPSA) is 46.2 Å². The fraction of sp³-hybridized carbons (Fsp3) is 0.273. The second-order valence-corrected chi connectivity index (χ2v) is 5.35. The Bertz CT molecular complexity index is 517. The smallest absolute Gasteiger partial charge is 0.210 e. The van der Waals surface area contributed by atoms with Crippen molar-refractivity contribution < 1.29 is 8.42 Å². The lowest BCUT2D eigenvalue weighted by Gasteiger charge is -2.08. The van der Waals surface area contributed by atoms with Crippen LogP contribution in [0.1, 0.15) is 12.0 Å². The Balaban J connectivity index is 3.00. The lowest BCUT2D eigenvalue weighted by molar-refractivity contribution is 0.582. The molecule has 86 valence electrons. The number of rotatable bonds is 4. The summed E-state index contributed by atoms with van der Waals surface area (Å²) in [5.41, 5.74) is 0.724. The van der Waals surface area contributed by atoms with E-state index in [9.17, 15) is 8.42 Å². The molecule has 1 N–H and O–H groups in total. The third kappa shape index (κ3) is 2.99. The van der Waals surface area contributed by atoms with Crippen LogP contribution >= 0.6 is 11.6 Å². The molecule has 0 amide bonds. The zero-order valence-corrected chi connectivity index (χ0v) is 10.4. The van der Waals surface area contributed by atoms with Crippen LogP contribution in [0.5, 0.6) is 0 Å². The molecule has 16 heavy (non-hydrogen) atoms. The first-order valence-electron chi connectivity index (χ1n) is 4.67. The number of hydrogen-bond donors (Lipinski definition) is 1. The molecule has 5 heteroatoms. The highest BCUT2D eigenvalue weighted by molar-refractivity contribution is 7.89. The van der Waals surface area contributed by atoms with Crippen molar-refractivity contribution in [2.45, 2.75) is 18.2 Å². The van der Waals surface area contributed by atoms with E-state index in [4.69, 9.17) is 18.0 Å². The lowest BCUT2D eigenvalue weighted by atomic mass is 10.2. The highest BCUT2D eigenvalue weighted by atomic mass is 35.5. The molecule has 1 aromatic carbocycles. The van der Waals surface area contributed by atoms with E-state index in [1.54, 1.807) is 19.1 Å². The van der Waals surface area contributed by atoms with Crippen LogP contribution < -0.4 is 4.72 Å². The van der Waals surface area contributed by atoms with Gasteiger partial charge < -0.3 is 0 Å². The number of aryl methyl sites for hydroxylation is 1. The van der Waals surface area contributed by atoms with E-state index in [0.717, 1.165) is 5.56 Å². The molecule has 0 heterocycles. The predicted molar refractivity (Wildman–Crippen MR) is 64.8 cm³/mol. The van der Waals surface area contributed by atoms with Crippen molar-refractivity contribution in [3.63, 3.8) is 0 Å². The Kier molecular flexibility index (Phi) is 4.36. The number of benzene rings is 1. The van der Waals surface area contributed by atoms with E-state index in [-0.39, 0.29) is 16.5 Å². The van der Waals surface area contributed by atoms with E-state index in [1.807, 2.05) is 0 Å². The van der Waals surface area contributed by atoms with Gasteiger partial charge in [-0.25, -0.2) is 13.1 Å². The van der Waals surface area contributed by atoms with Crippen LogP contribution in [0.25, 0.3) is 0 Å². The van der Waals surface area contributed by atoms with Gasteiger partial charge in [0, 0.05) is 13.0 Å². The first-order chi connectivity index (χ1) is 7.49. The van der Waals surface area contributed by atoms with Gasteiger partial charge in [0.05, 0.1) is 5.02 Å². The van der Waals surface area contributed by atoms with Crippen LogP contribution in [0, 0.1) is 19.3 Å². The summed E-state index contributed by atoms with van der Waals surface area (Å²) < 4.78 is 26.0. The standard InChI is InChI=1S/C11H12ClNO2S/c1-3-4-8-13-16(14,15)10-7-5-6-9(2)11(10)12/h1,5-7,13H,4,8H2,2H3. The summed E-state index contributed by atoms with van der Waals surface area (Å²) >= 11 is 5.93. The lowest BCUT2D eigenvalue weighted by Crippen LogP contribution is -2.25. The Morgan fingerprint density at radius 3 is 2.81 bits per heavy atom. The van der Waals surface area contributed by atoms with Crippen LogP contribution in [0.3, 0.4) is 0 Å². The quantitative estimate of drug-likeness (QED) is 0.662. The average molecular weight is 258 g/mol. The minimum absolute atomic E-state index is 0.0891. The van der Waals surface area contributed by atoms with Gasteiger partial charge in [0.15, 0.2) is 0 Å². The number of terminal acetylenes is 1. The minimum Gasteiger partial charge on any atom is -0.210 e.